The van der Waals surface area contributed by atoms with Gasteiger partial charge in [0.1, 0.15) is 0 Å². The van der Waals surface area contributed by atoms with Crippen LogP contribution in [0, 0.1) is 0 Å². The van der Waals surface area contributed by atoms with Gasteiger partial charge in [-0.2, -0.15) is 52.3 Å². The minimum Gasteiger partial charge on any atom is -0.198 e. The van der Waals surface area contributed by atoms with Crippen molar-refractivity contribution in [1.29, 1.82) is 0 Å². The molecule has 0 radical (unpaired) electrons. The number of hydrogen-bond acceptors (Lipinski definition) is 2. The lowest BCUT2D eigenvalue weighted by Crippen LogP contribution is -2.62. The van der Waals surface area contributed by atoms with Gasteiger partial charge < -0.3 is 0 Å². The number of hydrogen-bond donors (Lipinski definition) is 0. The smallest absolute Gasteiger partial charge is 0.198 e. The van der Waals surface area contributed by atoms with Crippen LogP contribution in [0.4, 0.5) is 39.5 Å². The molecular formula is C11H6F9NO2S. The highest BCUT2D eigenvalue weighted by Crippen LogP contribution is 2.54. The summed E-state index contributed by atoms with van der Waals surface area (Å²) in [6, 6.07) is 6.09. The molecule has 1 aromatic rings. The predicted molar refractivity (Wildman–Crippen MR) is 63.9 cm³/mol. The number of sulfonamides is 1. The van der Waals surface area contributed by atoms with Crippen LogP contribution in [-0.4, -0.2) is 37.9 Å². The Labute approximate surface area is 128 Å². The largest absolute Gasteiger partial charge is 0.460 e. The third-order valence-electron chi connectivity index (χ3n) is 2.58. The maximum atomic E-state index is 13.3. The van der Waals surface area contributed by atoms with Gasteiger partial charge in [-0.1, -0.05) is 30.3 Å². The van der Waals surface area contributed by atoms with Crippen LogP contribution in [0.25, 0.3) is 0 Å². The highest BCUT2D eigenvalue weighted by atomic mass is 32.2. The second-order valence-corrected chi connectivity index (χ2v) is 5.96. The Balaban J connectivity index is 3.33. The summed E-state index contributed by atoms with van der Waals surface area (Å²) >= 11 is 0. The molecule has 13 heteroatoms. The van der Waals surface area contributed by atoms with E-state index in [1.165, 1.54) is 18.2 Å². The highest BCUT2D eigenvalue weighted by Gasteiger charge is 2.85. The SMILES string of the molecule is O=S(=O)(/N=C/c1ccccc1)C(F)(F)C(F)(F)C(F)(F)C(F)(F)F. The molecule has 0 atom stereocenters. The second-order valence-electron chi connectivity index (χ2n) is 4.28. The fourth-order valence-electron chi connectivity index (χ4n) is 1.26. The standard InChI is InChI=1S/C11H6F9NO2S/c12-8(13,10(16,17)18)9(14,15)11(19,20)24(22,23)21-6-7-4-2-1-3-5-7/h1-6H/b21-6+. The summed E-state index contributed by atoms with van der Waals surface area (Å²) < 4.78 is 138. The average molecular weight is 387 g/mol. The van der Waals surface area contributed by atoms with E-state index < -0.39 is 33.3 Å². The number of nitrogens with zero attached hydrogens (tertiary/aromatic N) is 1. The molecule has 136 valence electrons. The van der Waals surface area contributed by atoms with Crippen molar-refractivity contribution in [3.8, 4) is 0 Å². The summed E-state index contributed by atoms with van der Waals surface area (Å²) in [6.07, 6.45) is -7.01. The fourth-order valence-corrected chi connectivity index (χ4v) is 2.10. The van der Waals surface area contributed by atoms with Crippen LogP contribution in [0.1, 0.15) is 5.56 Å². The Hall–Kier alpha value is -1.79. The number of benzene rings is 1. The van der Waals surface area contributed by atoms with Gasteiger partial charge >= 0.3 is 33.3 Å². The topological polar surface area (TPSA) is 46.5 Å². The molecule has 0 heterocycles. The van der Waals surface area contributed by atoms with Crippen LogP contribution >= 0.6 is 0 Å². The van der Waals surface area contributed by atoms with E-state index in [9.17, 15) is 47.9 Å². The maximum absolute atomic E-state index is 13.3. The first kappa shape index (κ1) is 20.3. The Kier molecular flexibility index (Phi) is 5.01. The third-order valence-corrected chi connectivity index (χ3v) is 3.87. The molecule has 0 N–H and O–H groups in total. The van der Waals surface area contributed by atoms with E-state index in [-0.39, 0.29) is 11.8 Å². The van der Waals surface area contributed by atoms with Gasteiger partial charge in [0.05, 0.1) is 0 Å². The van der Waals surface area contributed by atoms with Crippen LogP contribution in [0.2, 0.25) is 0 Å². The average Bonchev–Trinajstić information content (AvgIpc) is 2.44. The summed E-state index contributed by atoms with van der Waals surface area (Å²) in [4.78, 5) is 0. The number of rotatable bonds is 5. The quantitative estimate of drug-likeness (QED) is 0.569. The molecule has 0 amide bonds. The van der Waals surface area contributed by atoms with Gasteiger partial charge in [-0.15, -0.1) is 0 Å². The summed E-state index contributed by atoms with van der Waals surface area (Å²) in [6.45, 7) is 0. The van der Waals surface area contributed by atoms with E-state index in [1.807, 2.05) is 0 Å². The molecule has 1 rings (SSSR count). The van der Waals surface area contributed by atoms with Crippen molar-refractivity contribution in [3.63, 3.8) is 0 Å². The first-order valence-electron chi connectivity index (χ1n) is 5.63. The minimum absolute atomic E-state index is 0.102. The lowest BCUT2D eigenvalue weighted by Gasteiger charge is -2.31. The molecule has 0 fully saturated rings. The Morgan fingerprint density at radius 2 is 1.25 bits per heavy atom. The van der Waals surface area contributed by atoms with Crippen molar-refractivity contribution in [2.24, 2.45) is 4.40 Å². The summed E-state index contributed by atoms with van der Waals surface area (Å²) in [7, 11) is -6.75. The second kappa shape index (κ2) is 5.93. The monoisotopic (exact) mass is 387 g/mol. The molecule has 0 aromatic heterocycles. The maximum Gasteiger partial charge on any atom is 0.460 e. The van der Waals surface area contributed by atoms with Crippen LogP contribution < -0.4 is 0 Å². The zero-order valence-corrected chi connectivity index (χ0v) is 11.9. The molecule has 0 aliphatic rings. The number of alkyl halides is 9. The summed E-state index contributed by atoms with van der Waals surface area (Å²) in [5, 5.41) is -6.82. The number of halogens is 9. The van der Waals surface area contributed by atoms with Crippen molar-refractivity contribution in [3.05, 3.63) is 35.9 Å². The molecule has 24 heavy (non-hydrogen) atoms. The normalized spacial score (nSPS) is 15.0. The predicted octanol–water partition coefficient (Wildman–Crippen LogP) is 3.86. The minimum atomic E-state index is -7.31. The highest BCUT2D eigenvalue weighted by molar-refractivity contribution is 7.91. The third kappa shape index (κ3) is 3.21. The van der Waals surface area contributed by atoms with Gasteiger partial charge in [0.2, 0.25) is 0 Å². The lowest BCUT2D eigenvalue weighted by atomic mass is 10.1. The zero-order valence-electron chi connectivity index (χ0n) is 11.0. The van der Waals surface area contributed by atoms with E-state index in [0.717, 1.165) is 12.1 Å². The Morgan fingerprint density at radius 1 is 0.792 bits per heavy atom. The van der Waals surface area contributed by atoms with Crippen LogP contribution in [0.5, 0.6) is 0 Å². The van der Waals surface area contributed by atoms with Crippen LogP contribution in [-0.2, 0) is 10.0 Å². The molecule has 0 saturated carbocycles. The lowest BCUT2D eigenvalue weighted by molar-refractivity contribution is -0.382. The van der Waals surface area contributed by atoms with Crippen molar-refractivity contribution < 1.29 is 47.9 Å². The first-order chi connectivity index (χ1) is 10.6. The van der Waals surface area contributed by atoms with E-state index in [1.54, 1.807) is 0 Å². The van der Waals surface area contributed by atoms with E-state index in [4.69, 9.17) is 0 Å². The van der Waals surface area contributed by atoms with Crippen LogP contribution in [0.3, 0.4) is 0 Å². The fraction of sp³-hybridized carbons (Fsp3) is 0.364. The molecule has 0 aliphatic carbocycles. The Morgan fingerprint density at radius 3 is 1.67 bits per heavy atom. The van der Waals surface area contributed by atoms with Crippen molar-refractivity contribution in [1.82, 2.24) is 0 Å². The van der Waals surface area contributed by atoms with Crippen LogP contribution in [0.15, 0.2) is 34.7 Å². The van der Waals surface area contributed by atoms with Gasteiger partial charge in [0.25, 0.3) is 0 Å². The molecule has 3 nitrogen and oxygen atoms in total. The van der Waals surface area contributed by atoms with Crippen molar-refractivity contribution in [2.75, 3.05) is 0 Å². The van der Waals surface area contributed by atoms with Gasteiger partial charge in [-0.3, -0.25) is 0 Å². The van der Waals surface area contributed by atoms with Gasteiger partial charge in [0.15, 0.2) is 0 Å². The molecule has 0 spiro atoms. The molecule has 0 aliphatic heterocycles. The molecule has 1 aromatic carbocycles. The van der Waals surface area contributed by atoms with E-state index in [0.29, 0.717) is 0 Å². The molecule has 0 saturated heterocycles. The van der Waals surface area contributed by atoms with E-state index in [2.05, 4.69) is 4.40 Å². The van der Waals surface area contributed by atoms with Crippen molar-refractivity contribution >= 4 is 16.2 Å². The first-order valence-corrected chi connectivity index (χ1v) is 7.07. The van der Waals surface area contributed by atoms with Crippen molar-refractivity contribution in [2.45, 2.75) is 23.3 Å². The molecule has 0 unspecified atom stereocenters. The van der Waals surface area contributed by atoms with Gasteiger partial charge in [-0.25, -0.2) is 0 Å². The Bertz CT molecular complexity index is 711. The summed E-state index contributed by atoms with van der Waals surface area (Å²) in [5.74, 6) is -14.6. The molecular weight excluding hydrogens is 381 g/mol. The van der Waals surface area contributed by atoms with Gasteiger partial charge in [-0.05, 0) is 5.56 Å². The zero-order chi connectivity index (χ0) is 19.0. The van der Waals surface area contributed by atoms with E-state index >= 15 is 0 Å². The van der Waals surface area contributed by atoms with Gasteiger partial charge in [0, 0.05) is 6.21 Å². The molecule has 0 bridgehead atoms. The summed E-state index contributed by atoms with van der Waals surface area (Å²) in [5.41, 5.74) is -0.206.